The largest absolute Gasteiger partial charge is 0.406 e. The van der Waals surface area contributed by atoms with Crippen LogP contribution in [0.3, 0.4) is 0 Å². The van der Waals surface area contributed by atoms with Gasteiger partial charge in [-0.15, -0.1) is 0 Å². The first-order valence-electron chi connectivity index (χ1n) is 9.69. The van der Waals surface area contributed by atoms with Crippen molar-refractivity contribution in [2.24, 2.45) is 4.99 Å². The molecular formula is C20H29F3N4O. The fraction of sp³-hybridized carbons (Fsp3) is 0.600. The predicted octanol–water partition coefficient (Wildman–Crippen LogP) is 3.29. The van der Waals surface area contributed by atoms with Crippen molar-refractivity contribution in [3.63, 3.8) is 0 Å². The average Bonchev–Trinajstić information content (AvgIpc) is 2.66. The number of alkyl halides is 3. The molecule has 28 heavy (non-hydrogen) atoms. The van der Waals surface area contributed by atoms with Gasteiger partial charge in [0.15, 0.2) is 5.96 Å². The lowest BCUT2D eigenvalue weighted by molar-refractivity contribution is -0.157. The number of benzene rings is 1. The molecule has 8 heteroatoms. The molecule has 0 bridgehead atoms. The van der Waals surface area contributed by atoms with E-state index in [0.717, 1.165) is 32.7 Å². The Morgan fingerprint density at radius 2 is 1.82 bits per heavy atom. The number of hydrogen-bond donors (Lipinski definition) is 2. The average molecular weight is 398 g/mol. The van der Waals surface area contributed by atoms with E-state index in [0.29, 0.717) is 23.3 Å². The van der Waals surface area contributed by atoms with Crippen LogP contribution in [0.15, 0.2) is 35.3 Å². The minimum Gasteiger partial charge on any atom is -0.357 e. The number of nitrogens with zero attached hydrogens (tertiary/aromatic N) is 2. The summed E-state index contributed by atoms with van der Waals surface area (Å²) in [6.07, 6.45) is -0.325. The van der Waals surface area contributed by atoms with Gasteiger partial charge in [0.05, 0.1) is 0 Å². The van der Waals surface area contributed by atoms with E-state index in [9.17, 15) is 18.0 Å². The van der Waals surface area contributed by atoms with E-state index >= 15 is 0 Å². The molecule has 2 rings (SSSR count). The number of amides is 1. The normalized spacial score (nSPS) is 20.5. The number of carbonyl (C=O) groups excluding carboxylic acids is 1. The first-order valence-corrected chi connectivity index (χ1v) is 9.69. The number of guanidine groups is 1. The second kappa shape index (κ2) is 10.3. The number of halogens is 3. The lowest BCUT2D eigenvalue weighted by Crippen LogP contribution is -2.45. The molecule has 0 aromatic heterocycles. The summed E-state index contributed by atoms with van der Waals surface area (Å²) < 4.78 is 37.2. The zero-order valence-electron chi connectivity index (χ0n) is 16.4. The highest BCUT2D eigenvalue weighted by Gasteiger charge is 2.31. The number of likely N-dealkylation sites (N-methyl/N-ethyl adjacent to an activating group) is 1. The van der Waals surface area contributed by atoms with Crippen molar-refractivity contribution in [3.05, 3.63) is 35.9 Å². The predicted molar refractivity (Wildman–Crippen MR) is 104 cm³/mol. The highest BCUT2D eigenvalue weighted by molar-refractivity contribution is 5.85. The third-order valence-corrected chi connectivity index (χ3v) is 4.90. The molecule has 0 heterocycles. The molecule has 1 saturated carbocycles. The molecule has 1 aromatic carbocycles. The van der Waals surface area contributed by atoms with Gasteiger partial charge in [-0.05, 0) is 44.1 Å². The van der Waals surface area contributed by atoms with E-state index < -0.39 is 18.6 Å². The van der Waals surface area contributed by atoms with Crippen LogP contribution in [0.4, 0.5) is 13.2 Å². The molecule has 1 fully saturated rings. The topological polar surface area (TPSA) is 56.7 Å². The molecule has 1 aliphatic rings. The number of hydrogen-bond acceptors (Lipinski definition) is 2. The molecule has 2 N–H and O–H groups in total. The van der Waals surface area contributed by atoms with Gasteiger partial charge in [0, 0.05) is 19.6 Å². The summed E-state index contributed by atoms with van der Waals surface area (Å²) in [6, 6.07) is 10.7. The smallest absolute Gasteiger partial charge is 0.357 e. The van der Waals surface area contributed by atoms with E-state index in [1.165, 1.54) is 5.56 Å². The van der Waals surface area contributed by atoms with Crippen LogP contribution >= 0.6 is 0 Å². The Labute approximate surface area is 164 Å². The minimum absolute atomic E-state index is 0.237. The lowest BCUT2D eigenvalue weighted by Gasteiger charge is -2.30. The Balaban J connectivity index is 1.85. The molecule has 0 atom stereocenters. The summed E-state index contributed by atoms with van der Waals surface area (Å²) in [7, 11) is 1.14. The maximum Gasteiger partial charge on any atom is 0.406 e. The van der Waals surface area contributed by atoms with E-state index in [4.69, 9.17) is 0 Å². The van der Waals surface area contributed by atoms with E-state index in [1.807, 2.05) is 13.0 Å². The van der Waals surface area contributed by atoms with Gasteiger partial charge in [0.25, 0.3) is 0 Å². The monoisotopic (exact) mass is 398 g/mol. The molecule has 0 radical (unpaired) electrons. The third-order valence-electron chi connectivity index (χ3n) is 4.90. The first-order chi connectivity index (χ1) is 13.3. The van der Waals surface area contributed by atoms with Crippen LogP contribution in [-0.2, 0) is 4.79 Å². The molecular weight excluding hydrogens is 369 g/mol. The number of aliphatic imine (C=N–C) groups is 1. The van der Waals surface area contributed by atoms with Crippen molar-refractivity contribution in [2.45, 2.75) is 50.7 Å². The Morgan fingerprint density at radius 1 is 1.18 bits per heavy atom. The molecule has 0 aliphatic heterocycles. The van der Waals surface area contributed by atoms with Crippen LogP contribution in [0.25, 0.3) is 0 Å². The number of nitrogens with one attached hydrogen (secondary N) is 2. The zero-order valence-corrected chi connectivity index (χ0v) is 16.4. The Morgan fingerprint density at radius 3 is 2.39 bits per heavy atom. The van der Waals surface area contributed by atoms with Gasteiger partial charge in [-0.2, -0.15) is 13.2 Å². The standard InChI is InChI=1S/C20H29F3N4O/c1-3-24-19(25-13-18(28)27(2)14-20(21,22)23)26-17-11-9-16(10-12-17)15-7-5-4-6-8-15/h4-8,16-17H,3,9-14H2,1-2H3,(H2,24,25,26). The zero-order chi connectivity index (χ0) is 20.6. The number of carbonyl (C=O) groups is 1. The van der Waals surface area contributed by atoms with Gasteiger partial charge in [0.2, 0.25) is 5.91 Å². The SMILES string of the molecule is CCNC(=NCC(=O)N(C)CC(F)(F)F)NC1CCC(c2ccccc2)CC1. The fourth-order valence-corrected chi connectivity index (χ4v) is 3.43. The molecule has 156 valence electrons. The second-order valence-electron chi connectivity index (χ2n) is 7.16. The summed E-state index contributed by atoms with van der Waals surface area (Å²) in [5.41, 5.74) is 1.36. The van der Waals surface area contributed by atoms with Crippen LogP contribution < -0.4 is 10.6 Å². The van der Waals surface area contributed by atoms with Crippen molar-refractivity contribution in [3.8, 4) is 0 Å². The van der Waals surface area contributed by atoms with Crippen LogP contribution in [0.1, 0.15) is 44.1 Å². The Bertz CT molecular complexity index is 641. The second-order valence-corrected chi connectivity index (χ2v) is 7.16. The molecule has 0 saturated heterocycles. The molecule has 0 spiro atoms. The molecule has 5 nitrogen and oxygen atoms in total. The third kappa shape index (κ3) is 7.40. The van der Waals surface area contributed by atoms with Gasteiger partial charge < -0.3 is 15.5 Å². The van der Waals surface area contributed by atoms with Crippen LogP contribution in [0, 0.1) is 0 Å². The van der Waals surface area contributed by atoms with E-state index in [-0.39, 0.29) is 12.6 Å². The summed E-state index contributed by atoms with van der Waals surface area (Å²) in [5.74, 6) is 0.359. The van der Waals surface area contributed by atoms with Crippen LogP contribution in [-0.4, -0.2) is 55.7 Å². The lowest BCUT2D eigenvalue weighted by atomic mass is 9.82. The van der Waals surface area contributed by atoms with E-state index in [2.05, 4.69) is 39.9 Å². The Hall–Kier alpha value is -2.25. The summed E-state index contributed by atoms with van der Waals surface area (Å²) >= 11 is 0. The molecule has 1 amide bonds. The van der Waals surface area contributed by atoms with Crippen LogP contribution in [0.5, 0.6) is 0 Å². The summed E-state index contributed by atoms with van der Waals surface area (Å²) in [4.78, 5) is 16.7. The van der Waals surface area contributed by atoms with Crippen molar-refractivity contribution in [1.82, 2.24) is 15.5 Å². The molecule has 1 aromatic rings. The highest BCUT2D eigenvalue weighted by Crippen LogP contribution is 2.32. The quantitative estimate of drug-likeness (QED) is 0.571. The summed E-state index contributed by atoms with van der Waals surface area (Å²) in [6.45, 7) is 0.926. The Kier molecular flexibility index (Phi) is 8.14. The first kappa shape index (κ1) is 22.0. The number of rotatable bonds is 6. The van der Waals surface area contributed by atoms with Crippen molar-refractivity contribution >= 4 is 11.9 Å². The maximum absolute atomic E-state index is 12.4. The van der Waals surface area contributed by atoms with Gasteiger partial charge in [-0.25, -0.2) is 4.99 Å². The van der Waals surface area contributed by atoms with Gasteiger partial charge in [0.1, 0.15) is 13.1 Å². The van der Waals surface area contributed by atoms with Gasteiger partial charge in [-0.1, -0.05) is 30.3 Å². The molecule has 0 unspecified atom stereocenters. The minimum atomic E-state index is -4.41. The van der Waals surface area contributed by atoms with Crippen LogP contribution in [0.2, 0.25) is 0 Å². The van der Waals surface area contributed by atoms with Crippen molar-refractivity contribution in [2.75, 3.05) is 26.7 Å². The van der Waals surface area contributed by atoms with E-state index in [1.54, 1.807) is 0 Å². The van der Waals surface area contributed by atoms with Crippen molar-refractivity contribution in [1.29, 1.82) is 0 Å². The fourth-order valence-electron chi connectivity index (χ4n) is 3.43. The van der Waals surface area contributed by atoms with Gasteiger partial charge in [-0.3, -0.25) is 4.79 Å². The maximum atomic E-state index is 12.4. The molecule has 1 aliphatic carbocycles. The summed E-state index contributed by atoms with van der Waals surface area (Å²) in [5, 5.41) is 6.38. The van der Waals surface area contributed by atoms with Gasteiger partial charge >= 0.3 is 6.18 Å². The van der Waals surface area contributed by atoms with Crippen molar-refractivity contribution < 1.29 is 18.0 Å². The highest BCUT2D eigenvalue weighted by atomic mass is 19.4.